The van der Waals surface area contributed by atoms with Gasteiger partial charge in [0, 0.05) is 11.3 Å². The summed E-state index contributed by atoms with van der Waals surface area (Å²) in [5, 5.41) is -0.141. The zero-order chi connectivity index (χ0) is 11.5. The van der Waals surface area contributed by atoms with Crippen LogP contribution in [-0.2, 0) is 9.53 Å². The van der Waals surface area contributed by atoms with E-state index in [1.165, 1.54) is 0 Å². The first-order valence-electron chi connectivity index (χ1n) is 5.19. The number of hydrogen-bond donors (Lipinski definition) is 0. The summed E-state index contributed by atoms with van der Waals surface area (Å²) in [5.74, 6) is -0.791. The fourth-order valence-corrected chi connectivity index (χ4v) is 3.10. The largest absolute Gasteiger partial charge is 0.464 e. The highest BCUT2D eigenvalue weighted by molar-refractivity contribution is 6.58. The maximum Gasteiger partial charge on any atom is 0.342 e. The molecular weight excluding hydrogens is 258 g/mol. The molecule has 0 spiro atoms. The van der Waals surface area contributed by atoms with E-state index >= 15 is 0 Å². The highest BCUT2D eigenvalue weighted by atomic mass is 35.5. The van der Waals surface area contributed by atoms with Gasteiger partial charge in [-0.25, -0.2) is 4.79 Å². The molecule has 88 valence electrons. The van der Waals surface area contributed by atoms with E-state index in [9.17, 15) is 4.79 Å². The Balaban J connectivity index is 2.69. The Morgan fingerprint density at radius 2 is 2.00 bits per heavy atom. The lowest BCUT2D eigenvalue weighted by Crippen LogP contribution is -2.42. The van der Waals surface area contributed by atoms with Crippen molar-refractivity contribution in [1.82, 2.24) is 0 Å². The molecule has 5 heteroatoms. The van der Waals surface area contributed by atoms with E-state index in [0.29, 0.717) is 0 Å². The molecule has 0 bridgehead atoms. The summed E-state index contributed by atoms with van der Waals surface area (Å²) in [6, 6.07) is 0. The number of halogens is 3. The predicted molar refractivity (Wildman–Crippen MR) is 62.7 cm³/mol. The predicted octanol–water partition coefficient (Wildman–Crippen LogP) is 3.52. The summed E-state index contributed by atoms with van der Waals surface area (Å²) < 4.78 is 3.35. The molecule has 2 nitrogen and oxygen atoms in total. The van der Waals surface area contributed by atoms with Crippen molar-refractivity contribution >= 4 is 40.8 Å². The molecular formula is C10H15Cl3O2. The molecule has 1 fully saturated rings. The SMILES string of the molecule is CCOC(=O)C(Cl)(Cl)[C@@H]1CCCC[C@H]1Cl. The van der Waals surface area contributed by atoms with Crippen molar-refractivity contribution in [1.29, 1.82) is 0 Å². The molecule has 15 heavy (non-hydrogen) atoms. The van der Waals surface area contributed by atoms with Crippen LogP contribution in [0.5, 0.6) is 0 Å². The van der Waals surface area contributed by atoms with Gasteiger partial charge < -0.3 is 4.74 Å². The minimum Gasteiger partial charge on any atom is -0.464 e. The van der Waals surface area contributed by atoms with Crippen LogP contribution in [-0.4, -0.2) is 22.3 Å². The van der Waals surface area contributed by atoms with Crippen LogP contribution in [0, 0.1) is 5.92 Å². The Bertz CT molecular complexity index is 231. The van der Waals surface area contributed by atoms with Crippen molar-refractivity contribution < 1.29 is 9.53 Å². The van der Waals surface area contributed by atoms with E-state index in [1.54, 1.807) is 6.92 Å². The van der Waals surface area contributed by atoms with Gasteiger partial charge in [0.05, 0.1) is 6.61 Å². The molecule has 0 amide bonds. The Hall–Kier alpha value is 0.340. The van der Waals surface area contributed by atoms with E-state index in [2.05, 4.69) is 0 Å². The number of hydrogen-bond acceptors (Lipinski definition) is 2. The molecule has 1 saturated carbocycles. The number of ether oxygens (including phenoxy) is 1. The van der Waals surface area contributed by atoms with Crippen molar-refractivity contribution in [3.05, 3.63) is 0 Å². The molecule has 1 aliphatic carbocycles. The van der Waals surface area contributed by atoms with E-state index < -0.39 is 10.3 Å². The van der Waals surface area contributed by atoms with Crippen LogP contribution >= 0.6 is 34.8 Å². The van der Waals surface area contributed by atoms with Crippen molar-refractivity contribution in [2.75, 3.05) is 6.61 Å². The Morgan fingerprint density at radius 3 is 2.53 bits per heavy atom. The van der Waals surface area contributed by atoms with Crippen molar-refractivity contribution in [2.24, 2.45) is 5.92 Å². The van der Waals surface area contributed by atoms with E-state index in [1.807, 2.05) is 0 Å². The number of esters is 1. The highest BCUT2D eigenvalue weighted by Crippen LogP contribution is 2.43. The second kappa shape index (κ2) is 5.60. The maximum atomic E-state index is 11.6. The third-order valence-corrected chi connectivity index (χ3v) is 4.09. The van der Waals surface area contributed by atoms with Crippen LogP contribution in [0.15, 0.2) is 0 Å². The number of alkyl halides is 3. The summed E-state index contributed by atoms with van der Waals surface area (Å²) in [4.78, 5) is 11.6. The minimum atomic E-state index is -1.50. The smallest absolute Gasteiger partial charge is 0.342 e. The van der Waals surface area contributed by atoms with Crippen LogP contribution in [0.4, 0.5) is 0 Å². The van der Waals surface area contributed by atoms with Gasteiger partial charge in [0.15, 0.2) is 0 Å². The Labute approximate surface area is 105 Å². The normalized spacial score (nSPS) is 27.5. The molecule has 0 N–H and O–H groups in total. The number of rotatable bonds is 3. The van der Waals surface area contributed by atoms with Crippen molar-refractivity contribution in [3.63, 3.8) is 0 Å². The third-order valence-electron chi connectivity index (χ3n) is 2.69. The topological polar surface area (TPSA) is 26.3 Å². The zero-order valence-corrected chi connectivity index (χ0v) is 10.9. The van der Waals surface area contributed by atoms with Crippen LogP contribution < -0.4 is 0 Å². The first-order chi connectivity index (χ1) is 7.00. The summed E-state index contributed by atoms with van der Waals surface area (Å²) in [6.07, 6.45) is 3.71. The second-order valence-electron chi connectivity index (χ2n) is 3.75. The van der Waals surface area contributed by atoms with Gasteiger partial charge in [0.25, 0.3) is 0 Å². The van der Waals surface area contributed by atoms with Gasteiger partial charge in [-0.1, -0.05) is 36.0 Å². The lowest BCUT2D eigenvalue weighted by Gasteiger charge is -2.34. The van der Waals surface area contributed by atoms with Gasteiger partial charge >= 0.3 is 5.97 Å². The second-order valence-corrected chi connectivity index (χ2v) is 5.70. The monoisotopic (exact) mass is 272 g/mol. The number of carbonyl (C=O) groups excluding carboxylic acids is 1. The molecule has 0 saturated heterocycles. The molecule has 2 atom stereocenters. The third kappa shape index (κ3) is 3.15. The molecule has 0 aromatic rings. The lowest BCUT2D eigenvalue weighted by atomic mass is 9.86. The average molecular weight is 274 g/mol. The highest BCUT2D eigenvalue weighted by Gasteiger charge is 2.47. The summed E-state index contributed by atoms with van der Waals surface area (Å²) in [6.45, 7) is 2.00. The zero-order valence-electron chi connectivity index (χ0n) is 8.64. The summed E-state index contributed by atoms with van der Waals surface area (Å²) in [5.41, 5.74) is 0. The maximum absolute atomic E-state index is 11.6. The fraction of sp³-hybridized carbons (Fsp3) is 0.900. The lowest BCUT2D eigenvalue weighted by molar-refractivity contribution is -0.145. The molecule has 1 aliphatic rings. The van der Waals surface area contributed by atoms with Gasteiger partial charge in [0.2, 0.25) is 4.33 Å². The molecule has 0 radical (unpaired) electrons. The summed E-state index contributed by atoms with van der Waals surface area (Å²) >= 11 is 18.2. The van der Waals surface area contributed by atoms with Gasteiger partial charge in [-0.15, -0.1) is 11.6 Å². The van der Waals surface area contributed by atoms with Crippen LogP contribution in [0.1, 0.15) is 32.6 Å². The van der Waals surface area contributed by atoms with Gasteiger partial charge in [-0.05, 0) is 19.8 Å². The molecule has 1 rings (SSSR count). The molecule has 0 heterocycles. The van der Waals surface area contributed by atoms with Crippen LogP contribution in [0.25, 0.3) is 0 Å². The van der Waals surface area contributed by atoms with Crippen LogP contribution in [0.2, 0.25) is 0 Å². The molecule has 0 aromatic carbocycles. The summed E-state index contributed by atoms with van der Waals surface area (Å²) in [7, 11) is 0. The van der Waals surface area contributed by atoms with Crippen LogP contribution in [0.3, 0.4) is 0 Å². The first kappa shape index (κ1) is 13.4. The Kier molecular flexibility index (Phi) is 5.01. The van der Waals surface area contributed by atoms with E-state index in [4.69, 9.17) is 39.5 Å². The van der Waals surface area contributed by atoms with E-state index in [-0.39, 0.29) is 17.9 Å². The Morgan fingerprint density at radius 1 is 1.40 bits per heavy atom. The van der Waals surface area contributed by atoms with Gasteiger partial charge in [-0.2, -0.15) is 0 Å². The first-order valence-corrected chi connectivity index (χ1v) is 6.38. The van der Waals surface area contributed by atoms with E-state index in [0.717, 1.165) is 25.7 Å². The van der Waals surface area contributed by atoms with Crippen molar-refractivity contribution in [3.8, 4) is 0 Å². The molecule has 0 unspecified atom stereocenters. The standard InChI is InChI=1S/C10H15Cl3O2/c1-2-15-9(14)10(12,13)7-5-3-4-6-8(7)11/h7-8H,2-6H2,1H3/t7-,8-/m1/s1. The molecule has 0 aromatic heterocycles. The minimum absolute atomic E-state index is 0.141. The average Bonchev–Trinajstić information content (AvgIpc) is 2.18. The fourth-order valence-electron chi connectivity index (χ4n) is 1.87. The molecule has 0 aliphatic heterocycles. The van der Waals surface area contributed by atoms with Gasteiger partial charge in [0.1, 0.15) is 0 Å². The van der Waals surface area contributed by atoms with Gasteiger partial charge in [-0.3, -0.25) is 0 Å². The number of carbonyl (C=O) groups is 1. The van der Waals surface area contributed by atoms with Crippen molar-refractivity contribution in [2.45, 2.75) is 42.3 Å². The quantitative estimate of drug-likeness (QED) is 0.581.